The number of aliphatic hydroxyl groups excluding tert-OH is 2. The van der Waals surface area contributed by atoms with Gasteiger partial charge in [-0.15, -0.1) is 13.2 Å². The summed E-state index contributed by atoms with van der Waals surface area (Å²) in [5, 5.41) is 58.1. The Morgan fingerprint density at radius 3 is 1.46 bits per heavy atom. The van der Waals surface area contributed by atoms with Gasteiger partial charge in [0, 0.05) is 48.3 Å². The van der Waals surface area contributed by atoms with Crippen molar-refractivity contribution in [3.05, 3.63) is 97.4 Å². The number of ether oxygens (including phenoxy) is 2. The number of methoxy groups -OCH3 is 2. The van der Waals surface area contributed by atoms with Crippen LogP contribution in [0.4, 0.5) is 0 Å². The molecule has 0 amide bonds. The summed E-state index contributed by atoms with van der Waals surface area (Å²) in [5.74, 6) is -1.01. The summed E-state index contributed by atoms with van der Waals surface area (Å²) in [6, 6.07) is 15.9. The Balaban J connectivity index is 0.000000161. The summed E-state index contributed by atoms with van der Waals surface area (Å²) in [7, 11) is 3.32. The number of rotatable bonds is 13. The van der Waals surface area contributed by atoms with Crippen molar-refractivity contribution in [1.82, 2.24) is 19.8 Å². The first-order valence-electron chi connectivity index (χ1n) is 20.5. The lowest BCUT2D eigenvalue weighted by molar-refractivity contribution is -0.170. The van der Waals surface area contributed by atoms with Crippen LogP contribution in [0.1, 0.15) is 61.9 Å². The zero-order chi connectivity index (χ0) is 44.0. The van der Waals surface area contributed by atoms with E-state index in [-0.39, 0.29) is 12.1 Å². The molecule has 6 aliphatic heterocycles. The van der Waals surface area contributed by atoms with Gasteiger partial charge in [-0.2, -0.15) is 0 Å². The van der Waals surface area contributed by atoms with Crippen molar-refractivity contribution in [3.8, 4) is 11.5 Å². The van der Waals surface area contributed by atoms with Gasteiger partial charge in [0.15, 0.2) is 5.60 Å². The molecule has 4 bridgehead atoms. The van der Waals surface area contributed by atoms with Crippen LogP contribution in [0.25, 0.3) is 21.8 Å². The topological polar surface area (TPSA) is 223 Å². The number of benzene rings is 2. The van der Waals surface area contributed by atoms with Gasteiger partial charge in [0.05, 0.1) is 50.3 Å². The molecule has 6 N–H and O–H groups in total. The van der Waals surface area contributed by atoms with E-state index in [0.717, 1.165) is 83.5 Å². The summed E-state index contributed by atoms with van der Waals surface area (Å²) in [4.78, 5) is 44.2. The maximum absolute atomic E-state index is 11.2. The van der Waals surface area contributed by atoms with Crippen LogP contribution < -0.4 is 9.47 Å². The quantitative estimate of drug-likeness (QED) is 0.0965. The molecular weight excluding hydrogens is 785 g/mol. The van der Waals surface area contributed by atoms with Gasteiger partial charge in [-0.05, 0) is 122 Å². The standard InChI is InChI=1S/2C20H24N2O2.C6H8O7/c2*1-3-13-12-22-9-7-14(13)10-19(22)20(23)16-6-8-21-18-5-4-15(24-2)11-17(16)18;7-3(8)1-6(13,5(11)12)2-4(9)10/h2*3-6,8,11,13-14,19-20,23H,1,7,9-10,12H2,2H3;13H,1-2H2,(H,7,8)(H,9,10)(H,11,12)/t2*13-,14-,19-,20+;/m00./s1. The third-order valence-corrected chi connectivity index (χ3v) is 12.9. The van der Waals surface area contributed by atoms with Crippen LogP contribution in [0.5, 0.6) is 11.5 Å². The highest BCUT2D eigenvalue weighted by atomic mass is 16.5. The molecule has 326 valence electrons. The van der Waals surface area contributed by atoms with Gasteiger partial charge < -0.3 is 40.1 Å². The molecule has 2 aromatic carbocycles. The average Bonchev–Trinajstić information content (AvgIpc) is 3.27. The summed E-state index contributed by atoms with van der Waals surface area (Å²) in [6.07, 6.45) is 8.95. The van der Waals surface area contributed by atoms with Crippen molar-refractivity contribution < 1.29 is 54.5 Å². The Labute approximate surface area is 354 Å². The van der Waals surface area contributed by atoms with Crippen LogP contribution in [-0.2, 0) is 14.4 Å². The summed E-state index contributed by atoms with van der Waals surface area (Å²) in [5.41, 5.74) is 0.954. The van der Waals surface area contributed by atoms with Crippen LogP contribution in [0, 0.1) is 23.7 Å². The minimum atomic E-state index is -2.74. The molecule has 2 unspecified atom stereocenters. The van der Waals surface area contributed by atoms with Crippen LogP contribution >= 0.6 is 0 Å². The Kier molecular flexibility index (Phi) is 14.4. The molecule has 4 aromatic rings. The van der Waals surface area contributed by atoms with Crippen molar-refractivity contribution in [1.29, 1.82) is 0 Å². The van der Waals surface area contributed by atoms with Gasteiger partial charge in [0.25, 0.3) is 0 Å². The van der Waals surface area contributed by atoms with Gasteiger partial charge in [-0.1, -0.05) is 12.2 Å². The Bertz CT molecular complexity index is 2090. The molecule has 10 atom stereocenters. The maximum Gasteiger partial charge on any atom is 0.336 e. The molecule has 0 aliphatic carbocycles. The summed E-state index contributed by atoms with van der Waals surface area (Å²) in [6.45, 7) is 12.1. The Morgan fingerprint density at radius 1 is 0.738 bits per heavy atom. The highest BCUT2D eigenvalue weighted by molar-refractivity contribution is 5.88. The number of carboxylic acids is 3. The summed E-state index contributed by atoms with van der Waals surface area (Å²) >= 11 is 0. The predicted octanol–water partition coefficient (Wildman–Crippen LogP) is 5.10. The average molecular weight is 841 g/mol. The van der Waals surface area contributed by atoms with Crippen molar-refractivity contribution >= 4 is 39.7 Å². The molecule has 6 saturated heterocycles. The van der Waals surface area contributed by atoms with Gasteiger partial charge >= 0.3 is 17.9 Å². The number of hydrogen-bond donors (Lipinski definition) is 6. The highest BCUT2D eigenvalue weighted by Gasteiger charge is 2.44. The fraction of sp³-hybridized carbons (Fsp3) is 0.457. The molecule has 2 aromatic heterocycles. The van der Waals surface area contributed by atoms with E-state index < -0.39 is 48.6 Å². The smallest absolute Gasteiger partial charge is 0.336 e. The minimum Gasteiger partial charge on any atom is -0.497 e. The van der Waals surface area contributed by atoms with Gasteiger partial charge in [-0.3, -0.25) is 29.4 Å². The normalized spacial score (nSPS) is 26.1. The van der Waals surface area contributed by atoms with Crippen LogP contribution in [0.2, 0.25) is 0 Å². The number of pyridine rings is 2. The van der Waals surface area contributed by atoms with E-state index in [0.29, 0.717) is 23.7 Å². The molecule has 0 radical (unpaired) electrons. The SMILES string of the molecule is C=C[C@H]1CN2CC[C@H]1C[C@H]2[C@H](O)c1ccnc2ccc(OC)cc12.C=C[C@H]1CN2CC[C@H]1C[C@H]2[C@H](O)c1ccnc2ccc(OC)cc12.O=C(O)CC(O)(CC(=O)O)C(=O)O. The predicted molar refractivity (Wildman–Crippen MR) is 227 cm³/mol. The van der Waals surface area contributed by atoms with E-state index in [4.69, 9.17) is 29.9 Å². The van der Waals surface area contributed by atoms with Crippen molar-refractivity contribution in [2.24, 2.45) is 23.7 Å². The molecule has 0 saturated carbocycles. The molecule has 6 fully saturated rings. The monoisotopic (exact) mass is 840 g/mol. The van der Waals surface area contributed by atoms with E-state index in [2.05, 4.69) is 45.1 Å². The van der Waals surface area contributed by atoms with Crippen molar-refractivity contribution in [2.45, 2.75) is 68.4 Å². The fourth-order valence-corrected chi connectivity index (χ4v) is 9.60. The zero-order valence-electron chi connectivity index (χ0n) is 34.5. The summed E-state index contributed by atoms with van der Waals surface area (Å²) < 4.78 is 10.7. The second-order valence-corrected chi connectivity index (χ2v) is 16.4. The molecule has 15 nitrogen and oxygen atoms in total. The van der Waals surface area contributed by atoms with E-state index >= 15 is 0 Å². The number of carboxylic acid groups (broad SMARTS) is 3. The third kappa shape index (κ3) is 10.0. The molecule has 61 heavy (non-hydrogen) atoms. The number of fused-ring (bicyclic) bond motifs is 8. The maximum atomic E-state index is 11.2. The third-order valence-electron chi connectivity index (χ3n) is 12.9. The molecule has 6 aliphatic rings. The van der Waals surface area contributed by atoms with Crippen molar-refractivity contribution in [2.75, 3.05) is 40.4 Å². The molecule has 8 heterocycles. The number of aliphatic carboxylic acids is 3. The minimum absolute atomic E-state index is 0.178. The Hall–Kier alpha value is -5.45. The molecule has 15 heteroatoms. The van der Waals surface area contributed by atoms with Crippen LogP contribution in [0.15, 0.2) is 86.2 Å². The number of aromatic nitrogens is 2. The number of carbonyl (C=O) groups is 3. The largest absolute Gasteiger partial charge is 0.497 e. The first kappa shape index (κ1) is 45.1. The van der Waals surface area contributed by atoms with E-state index in [1.54, 1.807) is 26.6 Å². The number of piperidine rings is 6. The van der Waals surface area contributed by atoms with Crippen molar-refractivity contribution in [3.63, 3.8) is 0 Å². The van der Waals surface area contributed by atoms with E-state index in [1.165, 1.54) is 12.8 Å². The molecule has 0 spiro atoms. The first-order valence-corrected chi connectivity index (χ1v) is 20.5. The van der Waals surface area contributed by atoms with Gasteiger partial charge in [-0.25, -0.2) is 4.79 Å². The van der Waals surface area contributed by atoms with Crippen LogP contribution in [-0.4, -0.2) is 126 Å². The lowest BCUT2D eigenvalue weighted by Crippen LogP contribution is -2.54. The fourth-order valence-electron chi connectivity index (χ4n) is 9.60. The van der Waals surface area contributed by atoms with E-state index in [9.17, 15) is 24.6 Å². The second-order valence-electron chi connectivity index (χ2n) is 16.4. The first-order chi connectivity index (χ1) is 29.2. The lowest BCUT2D eigenvalue weighted by Gasteiger charge is -2.50. The van der Waals surface area contributed by atoms with Crippen LogP contribution in [0.3, 0.4) is 0 Å². The Morgan fingerprint density at radius 2 is 1.15 bits per heavy atom. The van der Waals surface area contributed by atoms with E-state index in [1.807, 2.05) is 48.5 Å². The second kappa shape index (κ2) is 19.5. The van der Waals surface area contributed by atoms with Gasteiger partial charge in [0.1, 0.15) is 11.5 Å². The number of nitrogens with zero attached hydrogens (tertiary/aromatic N) is 4. The highest BCUT2D eigenvalue weighted by Crippen LogP contribution is 2.44. The van der Waals surface area contributed by atoms with Gasteiger partial charge in [0.2, 0.25) is 0 Å². The molecular formula is C46H56N4O11. The lowest BCUT2D eigenvalue weighted by atomic mass is 9.73. The number of aliphatic hydroxyl groups is 3. The number of hydrogen-bond acceptors (Lipinski definition) is 12. The zero-order valence-corrected chi connectivity index (χ0v) is 34.5. The molecule has 10 rings (SSSR count).